The minimum atomic E-state index is 0.712. The van der Waals surface area contributed by atoms with Crippen molar-refractivity contribution in [2.75, 3.05) is 0 Å². The maximum atomic E-state index is 5.10. The third-order valence-electron chi connectivity index (χ3n) is 1.96. The van der Waals surface area contributed by atoms with Crippen LogP contribution in [-0.2, 0) is 6.42 Å². The van der Waals surface area contributed by atoms with Crippen LogP contribution in [-0.4, -0.2) is 0 Å². The van der Waals surface area contributed by atoms with E-state index in [2.05, 4.69) is 24.8 Å². The first kappa shape index (κ1) is 8.45. The van der Waals surface area contributed by atoms with Gasteiger partial charge in [0.15, 0.2) is 5.09 Å². The minimum absolute atomic E-state index is 0.712. The smallest absolute Gasteiger partial charge is 0.160 e. The van der Waals surface area contributed by atoms with Crippen LogP contribution >= 0.6 is 12.6 Å². The van der Waals surface area contributed by atoms with Crippen molar-refractivity contribution in [3.8, 4) is 0 Å². The Hall–Kier alpha value is -1.15. The Morgan fingerprint density at radius 3 is 2.46 bits per heavy atom. The van der Waals surface area contributed by atoms with Crippen LogP contribution in [0.3, 0.4) is 0 Å². The first-order valence-corrected chi connectivity index (χ1v) is 4.60. The molecule has 0 saturated heterocycles. The van der Waals surface area contributed by atoms with Gasteiger partial charge in [-0.2, -0.15) is 0 Å². The Labute approximate surface area is 82.8 Å². The second-order valence-electron chi connectivity index (χ2n) is 2.91. The quantitative estimate of drug-likeness (QED) is 0.718. The molecule has 0 aliphatic heterocycles. The summed E-state index contributed by atoms with van der Waals surface area (Å²) in [6.45, 7) is 0. The molecule has 0 fully saturated rings. The lowest BCUT2D eigenvalue weighted by molar-refractivity contribution is 0.471. The highest BCUT2D eigenvalue weighted by Gasteiger charge is 2.02. The van der Waals surface area contributed by atoms with Crippen molar-refractivity contribution in [1.29, 1.82) is 0 Å². The van der Waals surface area contributed by atoms with Gasteiger partial charge >= 0.3 is 0 Å². The molecular weight excluding hydrogens is 180 g/mol. The molecule has 2 rings (SSSR count). The van der Waals surface area contributed by atoms with Gasteiger partial charge in [0.05, 0.1) is 6.26 Å². The molecule has 0 amide bonds. The lowest BCUT2D eigenvalue weighted by atomic mass is 10.1. The van der Waals surface area contributed by atoms with Gasteiger partial charge in [-0.1, -0.05) is 30.3 Å². The second kappa shape index (κ2) is 3.71. The molecule has 0 bridgehead atoms. The number of furan rings is 1. The van der Waals surface area contributed by atoms with Crippen LogP contribution in [0.4, 0.5) is 0 Å². The fourth-order valence-electron chi connectivity index (χ4n) is 1.28. The number of hydrogen-bond acceptors (Lipinski definition) is 2. The first-order chi connectivity index (χ1) is 6.36. The van der Waals surface area contributed by atoms with Crippen molar-refractivity contribution in [2.45, 2.75) is 11.5 Å². The Bertz CT molecular complexity index is 378. The molecule has 0 radical (unpaired) electrons. The lowest BCUT2D eigenvalue weighted by Crippen LogP contribution is -1.85. The predicted molar refractivity (Wildman–Crippen MR) is 55.2 cm³/mol. The highest BCUT2D eigenvalue weighted by atomic mass is 32.1. The molecular formula is C11H10OS. The van der Waals surface area contributed by atoms with Crippen molar-refractivity contribution in [3.63, 3.8) is 0 Å². The molecule has 0 N–H and O–H groups in total. The summed E-state index contributed by atoms with van der Waals surface area (Å²) in [6.07, 6.45) is 2.55. The van der Waals surface area contributed by atoms with Gasteiger partial charge in [-0.3, -0.25) is 0 Å². The molecule has 0 saturated carbocycles. The van der Waals surface area contributed by atoms with Gasteiger partial charge in [0, 0.05) is 12.0 Å². The standard InChI is InChI=1S/C11H10OS/c13-11-10(6-7-12-11)8-9-4-2-1-3-5-9/h1-7,13H,8H2. The third-order valence-corrected chi connectivity index (χ3v) is 2.35. The van der Waals surface area contributed by atoms with E-state index in [4.69, 9.17) is 4.42 Å². The van der Waals surface area contributed by atoms with Crippen molar-refractivity contribution in [1.82, 2.24) is 0 Å². The normalized spacial score (nSPS) is 10.2. The Balaban J connectivity index is 2.20. The molecule has 0 unspecified atom stereocenters. The second-order valence-corrected chi connectivity index (χ2v) is 3.32. The monoisotopic (exact) mass is 190 g/mol. The maximum Gasteiger partial charge on any atom is 0.160 e. The van der Waals surface area contributed by atoms with E-state index >= 15 is 0 Å². The van der Waals surface area contributed by atoms with E-state index in [0.717, 1.165) is 12.0 Å². The minimum Gasteiger partial charge on any atom is -0.458 e. The summed E-state index contributed by atoms with van der Waals surface area (Å²) in [6, 6.07) is 12.2. The first-order valence-electron chi connectivity index (χ1n) is 4.15. The average molecular weight is 190 g/mol. The summed E-state index contributed by atoms with van der Waals surface area (Å²) < 4.78 is 5.10. The van der Waals surface area contributed by atoms with E-state index in [1.165, 1.54) is 5.56 Å². The van der Waals surface area contributed by atoms with Crippen LogP contribution in [0.25, 0.3) is 0 Å². The van der Waals surface area contributed by atoms with E-state index in [1.807, 2.05) is 24.3 Å². The summed E-state index contributed by atoms with van der Waals surface area (Å²) in [5.74, 6) is 0. The van der Waals surface area contributed by atoms with E-state index in [9.17, 15) is 0 Å². The Kier molecular flexibility index (Phi) is 2.41. The van der Waals surface area contributed by atoms with Gasteiger partial charge in [0.2, 0.25) is 0 Å². The zero-order chi connectivity index (χ0) is 9.10. The number of rotatable bonds is 2. The highest BCUT2D eigenvalue weighted by Crippen LogP contribution is 2.18. The van der Waals surface area contributed by atoms with Gasteiger partial charge in [-0.25, -0.2) is 0 Å². The zero-order valence-corrected chi connectivity index (χ0v) is 8.00. The van der Waals surface area contributed by atoms with Gasteiger partial charge < -0.3 is 4.42 Å². The molecule has 0 aliphatic carbocycles. The predicted octanol–water partition coefficient (Wildman–Crippen LogP) is 3.16. The molecule has 2 aromatic rings. The van der Waals surface area contributed by atoms with Crippen LogP contribution < -0.4 is 0 Å². The highest BCUT2D eigenvalue weighted by molar-refractivity contribution is 7.80. The molecule has 1 aromatic carbocycles. The average Bonchev–Trinajstić information content (AvgIpc) is 2.54. The van der Waals surface area contributed by atoms with E-state index in [1.54, 1.807) is 6.26 Å². The summed E-state index contributed by atoms with van der Waals surface area (Å²) in [5, 5.41) is 0.712. The van der Waals surface area contributed by atoms with Crippen molar-refractivity contribution in [2.24, 2.45) is 0 Å². The summed E-state index contributed by atoms with van der Waals surface area (Å²) in [5.41, 5.74) is 2.41. The van der Waals surface area contributed by atoms with Crippen molar-refractivity contribution >= 4 is 12.6 Å². The van der Waals surface area contributed by atoms with Crippen molar-refractivity contribution in [3.05, 3.63) is 53.8 Å². The Morgan fingerprint density at radius 1 is 1.08 bits per heavy atom. The van der Waals surface area contributed by atoms with Gasteiger partial charge in [-0.05, 0) is 11.6 Å². The summed E-state index contributed by atoms with van der Waals surface area (Å²) in [4.78, 5) is 0. The van der Waals surface area contributed by atoms with E-state index in [0.29, 0.717) is 5.09 Å². The molecule has 1 nitrogen and oxygen atoms in total. The molecule has 0 aliphatic rings. The van der Waals surface area contributed by atoms with Crippen molar-refractivity contribution < 1.29 is 4.42 Å². The molecule has 2 heteroatoms. The van der Waals surface area contributed by atoms with Crippen LogP contribution in [0, 0.1) is 0 Å². The SMILES string of the molecule is Sc1occc1Cc1ccccc1. The van der Waals surface area contributed by atoms with Gasteiger partial charge in [0.1, 0.15) is 0 Å². The molecule has 0 atom stereocenters. The molecule has 0 spiro atoms. The van der Waals surface area contributed by atoms with Crippen LogP contribution in [0.1, 0.15) is 11.1 Å². The molecule has 66 valence electrons. The number of hydrogen-bond donors (Lipinski definition) is 1. The summed E-state index contributed by atoms with van der Waals surface area (Å²) in [7, 11) is 0. The maximum absolute atomic E-state index is 5.10. The Morgan fingerprint density at radius 2 is 1.85 bits per heavy atom. The van der Waals surface area contributed by atoms with Gasteiger partial charge in [0.25, 0.3) is 0 Å². The topological polar surface area (TPSA) is 13.1 Å². The van der Waals surface area contributed by atoms with E-state index in [-0.39, 0.29) is 0 Å². The largest absolute Gasteiger partial charge is 0.458 e. The zero-order valence-electron chi connectivity index (χ0n) is 7.10. The number of benzene rings is 1. The fraction of sp³-hybridized carbons (Fsp3) is 0.0909. The molecule has 1 heterocycles. The van der Waals surface area contributed by atoms with E-state index < -0.39 is 0 Å². The molecule has 13 heavy (non-hydrogen) atoms. The third kappa shape index (κ3) is 1.95. The molecule has 1 aromatic heterocycles. The lowest BCUT2D eigenvalue weighted by Gasteiger charge is -1.97. The number of thiol groups is 1. The fourth-order valence-corrected chi connectivity index (χ4v) is 1.49. The van der Waals surface area contributed by atoms with Crippen LogP contribution in [0.5, 0.6) is 0 Å². The van der Waals surface area contributed by atoms with Crippen LogP contribution in [0.2, 0.25) is 0 Å². The van der Waals surface area contributed by atoms with Crippen LogP contribution in [0.15, 0.2) is 52.2 Å². The summed E-state index contributed by atoms with van der Waals surface area (Å²) >= 11 is 4.21. The van der Waals surface area contributed by atoms with Gasteiger partial charge in [-0.15, -0.1) is 12.6 Å².